The van der Waals surface area contributed by atoms with Gasteiger partial charge in [-0.3, -0.25) is 4.79 Å². The van der Waals surface area contributed by atoms with Crippen LogP contribution in [0.1, 0.15) is 33.6 Å². The number of alkyl carbamates (subject to hydrolysis) is 1. The van der Waals surface area contributed by atoms with Gasteiger partial charge in [-0.1, -0.05) is 6.07 Å². The van der Waals surface area contributed by atoms with Crippen molar-refractivity contribution in [3.8, 4) is 0 Å². The van der Waals surface area contributed by atoms with Crippen molar-refractivity contribution >= 4 is 27.7 Å². The van der Waals surface area contributed by atoms with E-state index >= 15 is 0 Å². The minimum atomic E-state index is -3.75. The zero-order valence-corrected chi connectivity index (χ0v) is 16.0. The second-order valence-electron chi connectivity index (χ2n) is 7.12. The van der Waals surface area contributed by atoms with E-state index in [4.69, 9.17) is 4.74 Å². The van der Waals surface area contributed by atoms with Gasteiger partial charge in [-0.2, -0.15) is 0 Å². The molecule has 0 unspecified atom stereocenters. The summed E-state index contributed by atoms with van der Waals surface area (Å²) in [6, 6.07) is 6.06. The summed E-state index contributed by atoms with van der Waals surface area (Å²) in [5.41, 5.74) is -0.175. The Kier molecular flexibility index (Phi) is 6.25. The number of carbonyl (C=O) groups is 2. The summed E-state index contributed by atoms with van der Waals surface area (Å²) >= 11 is 0. The van der Waals surface area contributed by atoms with E-state index in [1.165, 1.54) is 12.1 Å². The first-order valence-corrected chi connectivity index (χ1v) is 9.92. The van der Waals surface area contributed by atoms with Gasteiger partial charge in [0.05, 0.1) is 4.90 Å². The van der Waals surface area contributed by atoms with Gasteiger partial charge in [0.1, 0.15) is 5.60 Å². The molecule has 0 heterocycles. The quantitative estimate of drug-likeness (QED) is 0.622. The van der Waals surface area contributed by atoms with Crippen LogP contribution in [0.25, 0.3) is 0 Å². The first-order valence-electron chi connectivity index (χ1n) is 8.44. The highest BCUT2D eigenvalue weighted by atomic mass is 32.2. The van der Waals surface area contributed by atoms with Crippen LogP contribution in [0, 0.1) is 5.92 Å². The average Bonchev–Trinajstić information content (AvgIpc) is 3.35. The number of hydrogen-bond donors (Lipinski definition) is 3. The number of benzene rings is 1. The molecule has 2 rings (SSSR count). The highest BCUT2D eigenvalue weighted by Gasteiger charge is 2.29. The lowest BCUT2D eigenvalue weighted by Crippen LogP contribution is -2.37. The second-order valence-corrected chi connectivity index (χ2v) is 8.88. The molecule has 1 aliphatic rings. The Morgan fingerprint density at radius 1 is 1.19 bits per heavy atom. The topological polar surface area (TPSA) is 114 Å². The second kappa shape index (κ2) is 8.05. The van der Waals surface area contributed by atoms with E-state index < -0.39 is 21.7 Å². The van der Waals surface area contributed by atoms with Crippen molar-refractivity contribution in [1.82, 2.24) is 10.0 Å². The van der Waals surface area contributed by atoms with Crippen LogP contribution < -0.4 is 15.4 Å². The number of anilines is 1. The zero-order chi connectivity index (χ0) is 19.4. The predicted octanol–water partition coefficient (Wildman–Crippen LogP) is 1.84. The zero-order valence-electron chi connectivity index (χ0n) is 15.2. The maximum atomic E-state index is 12.3. The van der Waals surface area contributed by atoms with Gasteiger partial charge in [-0.25, -0.2) is 17.9 Å². The molecule has 8 nitrogen and oxygen atoms in total. The van der Waals surface area contributed by atoms with Gasteiger partial charge in [-0.15, -0.1) is 0 Å². The monoisotopic (exact) mass is 383 g/mol. The molecule has 1 fully saturated rings. The molecule has 1 aliphatic carbocycles. The SMILES string of the molecule is CC(C)(C)OC(=O)NCCNS(=O)(=O)c1cccc(NC(=O)C2CC2)c1. The van der Waals surface area contributed by atoms with E-state index in [0.717, 1.165) is 12.8 Å². The molecule has 144 valence electrons. The molecule has 0 spiro atoms. The normalized spacial score (nSPS) is 14.6. The molecule has 0 atom stereocenters. The van der Waals surface area contributed by atoms with Crippen LogP contribution in [-0.2, 0) is 19.6 Å². The third-order valence-corrected chi connectivity index (χ3v) is 4.90. The number of nitrogens with one attached hydrogen (secondary N) is 3. The lowest BCUT2D eigenvalue weighted by Gasteiger charge is -2.19. The summed E-state index contributed by atoms with van der Waals surface area (Å²) in [5.74, 6) is -0.0543. The fourth-order valence-corrected chi connectivity index (χ4v) is 3.16. The summed E-state index contributed by atoms with van der Waals surface area (Å²) in [7, 11) is -3.75. The minimum Gasteiger partial charge on any atom is -0.444 e. The third-order valence-electron chi connectivity index (χ3n) is 3.45. The maximum Gasteiger partial charge on any atom is 0.407 e. The molecule has 1 saturated carbocycles. The molecule has 26 heavy (non-hydrogen) atoms. The molecule has 9 heteroatoms. The van der Waals surface area contributed by atoms with E-state index in [2.05, 4.69) is 15.4 Å². The lowest BCUT2D eigenvalue weighted by molar-refractivity contribution is -0.117. The number of carbonyl (C=O) groups excluding carboxylic acids is 2. The van der Waals surface area contributed by atoms with Crippen molar-refractivity contribution in [2.75, 3.05) is 18.4 Å². The standard InChI is InChI=1S/C17H25N3O5S/c1-17(2,3)25-16(22)18-9-10-19-26(23,24)14-6-4-5-13(11-14)20-15(21)12-7-8-12/h4-6,11-12,19H,7-10H2,1-3H3,(H,18,22)(H,20,21). The fraction of sp³-hybridized carbons (Fsp3) is 0.529. The molecule has 1 aromatic carbocycles. The van der Waals surface area contributed by atoms with Crippen LogP contribution in [0.4, 0.5) is 10.5 Å². The fourth-order valence-electron chi connectivity index (χ4n) is 2.08. The number of rotatable bonds is 7. The molecule has 1 aromatic rings. The van der Waals surface area contributed by atoms with E-state index in [0.29, 0.717) is 5.69 Å². The third kappa shape index (κ3) is 6.64. The van der Waals surface area contributed by atoms with Crippen molar-refractivity contribution in [1.29, 1.82) is 0 Å². The van der Waals surface area contributed by atoms with Crippen molar-refractivity contribution in [2.45, 2.75) is 44.1 Å². The van der Waals surface area contributed by atoms with E-state index in [1.807, 2.05) is 0 Å². The predicted molar refractivity (Wildman–Crippen MR) is 97.2 cm³/mol. The minimum absolute atomic E-state index is 0.0141. The van der Waals surface area contributed by atoms with Gasteiger partial charge in [0.15, 0.2) is 0 Å². The van der Waals surface area contributed by atoms with Crippen LogP contribution in [-0.4, -0.2) is 39.1 Å². The first kappa shape index (κ1) is 20.2. The lowest BCUT2D eigenvalue weighted by atomic mass is 10.2. The van der Waals surface area contributed by atoms with Crippen molar-refractivity contribution in [3.05, 3.63) is 24.3 Å². The number of sulfonamides is 1. The van der Waals surface area contributed by atoms with Crippen LogP contribution in [0.5, 0.6) is 0 Å². The van der Waals surface area contributed by atoms with Gasteiger partial charge in [0.25, 0.3) is 0 Å². The average molecular weight is 383 g/mol. The van der Waals surface area contributed by atoms with Crippen LogP contribution in [0.15, 0.2) is 29.2 Å². The Bertz CT molecular complexity index is 767. The van der Waals surface area contributed by atoms with Gasteiger partial charge >= 0.3 is 6.09 Å². The summed E-state index contributed by atoms with van der Waals surface area (Å²) in [6.45, 7) is 5.32. The van der Waals surface area contributed by atoms with E-state index in [1.54, 1.807) is 32.9 Å². The molecular formula is C17H25N3O5S. The van der Waals surface area contributed by atoms with E-state index in [-0.39, 0.29) is 29.8 Å². The van der Waals surface area contributed by atoms with Crippen molar-refractivity contribution in [3.63, 3.8) is 0 Å². The molecule has 0 aromatic heterocycles. The Morgan fingerprint density at radius 3 is 2.50 bits per heavy atom. The maximum absolute atomic E-state index is 12.3. The Hall–Kier alpha value is -2.13. The number of amides is 2. The van der Waals surface area contributed by atoms with Gasteiger partial charge in [0, 0.05) is 24.7 Å². The summed E-state index contributed by atoms with van der Waals surface area (Å²) in [6.07, 6.45) is 1.13. The molecule has 0 saturated heterocycles. The first-order chi connectivity index (χ1) is 12.1. The molecule has 0 radical (unpaired) electrons. The van der Waals surface area contributed by atoms with Crippen LogP contribution in [0.3, 0.4) is 0 Å². The Morgan fingerprint density at radius 2 is 1.88 bits per heavy atom. The van der Waals surface area contributed by atoms with Gasteiger partial charge in [-0.05, 0) is 51.8 Å². The molecule has 3 N–H and O–H groups in total. The summed E-state index contributed by atoms with van der Waals surface area (Å²) in [5, 5.41) is 5.19. The van der Waals surface area contributed by atoms with Crippen molar-refractivity contribution in [2.24, 2.45) is 5.92 Å². The van der Waals surface area contributed by atoms with Crippen LogP contribution in [0.2, 0.25) is 0 Å². The van der Waals surface area contributed by atoms with Crippen LogP contribution >= 0.6 is 0 Å². The Balaban J connectivity index is 1.85. The Labute approximate surface area is 153 Å². The van der Waals surface area contributed by atoms with Gasteiger partial charge < -0.3 is 15.4 Å². The number of hydrogen-bond acceptors (Lipinski definition) is 5. The molecule has 0 bridgehead atoms. The van der Waals surface area contributed by atoms with Crippen molar-refractivity contribution < 1.29 is 22.7 Å². The summed E-state index contributed by atoms with van der Waals surface area (Å²) < 4.78 is 32.1. The molecule has 2 amide bonds. The highest BCUT2D eigenvalue weighted by Crippen LogP contribution is 2.30. The highest BCUT2D eigenvalue weighted by molar-refractivity contribution is 7.89. The summed E-state index contributed by atoms with van der Waals surface area (Å²) in [4.78, 5) is 23.3. The molecular weight excluding hydrogens is 358 g/mol. The van der Waals surface area contributed by atoms with E-state index in [9.17, 15) is 18.0 Å². The largest absolute Gasteiger partial charge is 0.444 e. The smallest absolute Gasteiger partial charge is 0.407 e. The number of ether oxygens (including phenoxy) is 1. The van der Waals surface area contributed by atoms with Gasteiger partial charge in [0.2, 0.25) is 15.9 Å². The molecule has 0 aliphatic heterocycles.